The van der Waals surface area contributed by atoms with Crippen LogP contribution in [0.15, 0.2) is 47.4 Å². The van der Waals surface area contributed by atoms with Crippen LogP contribution in [-0.4, -0.2) is 51.4 Å². The zero-order valence-electron chi connectivity index (χ0n) is 16.1. The zero-order valence-corrected chi connectivity index (χ0v) is 16.9. The average molecular weight is 416 g/mol. The van der Waals surface area contributed by atoms with Crippen LogP contribution in [0.1, 0.15) is 29.6 Å². The van der Waals surface area contributed by atoms with Gasteiger partial charge in [-0.25, -0.2) is 8.42 Å². The van der Waals surface area contributed by atoms with Crippen LogP contribution in [0.2, 0.25) is 0 Å². The Morgan fingerprint density at radius 3 is 2.34 bits per heavy atom. The number of rotatable bonds is 6. The Labute approximate surface area is 170 Å². The van der Waals surface area contributed by atoms with Crippen LogP contribution < -0.4 is 14.8 Å². The number of benzene rings is 2. The fourth-order valence-corrected chi connectivity index (χ4v) is 5.02. The van der Waals surface area contributed by atoms with Gasteiger partial charge in [-0.15, -0.1) is 0 Å². The van der Waals surface area contributed by atoms with E-state index in [9.17, 15) is 13.2 Å². The number of hydrogen-bond donors (Lipinski definition) is 1. The third kappa shape index (κ3) is 4.38. The van der Waals surface area contributed by atoms with Gasteiger partial charge < -0.3 is 14.8 Å². The highest BCUT2D eigenvalue weighted by Gasteiger charge is 2.25. The van der Waals surface area contributed by atoms with Gasteiger partial charge in [-0.1, -0.05) is 6.42 Å². The van der Waals surface area contributed by atoms with E-state index in [1.807, 2.05) is 0 Å². The molecule has 2 aliphatic rings. The van der Waals surface area contributed by atoms with E-state index in [1.165, 1.54) is 0 Å². The van der Waals surface area contributed by atoms with E-state index in [1.54, 1.807) is 46.8 Å². The molecule has 0 saturated carbocycles. The Bertz CT molecular complexity index is 983. The van der Waals surface area contributed by atoms with Crippen LogP contribution in [0.3, 0.4) is 0 Å². The number of piperidine rings is 1. The van der Waals surface area contributed by atoms with Crippen molar-refractivity contribution in [3.8, 4) is 11.5 Å². The summed E-state index contributed by atoms with van der Waals surface area (Å²) in [4.78, 5) is 12.8. The molecule has 0 radical (unpaired) electrons. The molecule has 2 aromatic carbocycles. The van der Waals surface area contributed by atoms with E-state index < -0.39 is 10.0 Å². The largest absolute Gasteiger partial charge is 0.486 e. The first-order chi connectivity index (χ1) is 14.0. The maximum atomic E-state index is 12.7. The molecule has 1 fully saturated rings. The summed E-state index contributed by atoms with van der Waals surface area (Å²) in [5.41, 5.74) is 1.22. The predicted molar refractivity (Wildman–Crippen MR) is 109 cm³/mol. The maximum Gasteiger partial charge on any atom is 0.243 e. The predicted octanol–water partition coefficient (Wildman–Crippen LogP) is 2.93. The van der Waals surface area contributed by atoms with Gasteiger partial charge in [0.1, 0.15) is 13.2 Å². The summed E-state index contributed by atoms with van der Waals surface area (Å²) in [6.45, 7) is 2.22. The van der Waals surface area contributed by atoms with Crippen molar-refractivity contribution in [2.24, 2.45) is 0 Å². The third-order valence-corrected chi connectivity index (χ3v) is 7.04. The van der Waals surface area contributed by atoms with Gasteiger partial charge in [0.05, 0.1) is 11.4 Å². The van der Waals surface area contributed by atoms with E-state index in [0.29, 0.717) is 49.1 Å². The SMILES string of the molecule is O=C(CNc1ccc(S(=O)(=O)N2CCCCC2)cc1)c1ccc2c(c1)OCCO2. The van der Waals surface area contributed by atoms with Crippen LogP contribution in [0.5, 0.6) is 11.5 Å². The molecule has 0 aliphatic carbocycles. The number of sulfonamides is 1. The van der Waals surface area contributed by atoms with Crippen molar-refractivity contribution < 1.29 is 22.7 Å². The molecule has 2 aliphatic heterocycles. The van der Waals surface area contributed by atoms with Gasteiger partial charge in [-0.2, -0.15) is 4.31 Å². The van der Waals surface area contributed by atoms with Crippen LogP contribution in [0, 0.1) is 0 Å². The lowest BCUT2D eigenvalue weighted by atomic mass is 10.1. The topological polar surface area (TPSA) is 84.9 Å². The second kappa shape index (κ2) is 8.42. The highest BCUT2D eigenvalue weighted by molar-refractivity contribution is 7.89. The number of hydrogen-bond acceptors (Lipinski definition) is 6. The van der Waals surface area contributed by atoms with E-state index in [4.69, 9.17) is 9.47 Å². The molecular formula is C21H24N2O5S. The quantitative estimate of drug-likeness (QED) is 0.729. The van der Waals surface area contributed by atoms with Crippen molar-refractivity contribution in [2.75, 3.05) is 38.2 Å². The van der Waals surface area contributed by atoms with Crippen molar-refractivity contribution in [1.82, 2.24) is 4.31 Å². The number of ketones is 1. The molecule has 0 aromatic heterocycles. The van der Waals surface area contributed by atoms with Crippen LogP contribution in [-0.2, 0) is 10.0 Å². The first-order valence-electron chi connectivity index (χ1n) is 9.81. The number of nitrogens with one attached hydrogen (secondary N) is 1. The number of nitrogens with zero attached hydrogens (tertiary/aromatic N) is 1. The number of carbonyl (C=O) groups is 1. The molecule has 2 heterocycles. The minimum Gasteiger partial charge on any atom is -0.486 e. The molecule has 1 saturated heterocycles. The van der Waals surface area contributed by atoms with E-state index in [2.05, 4.69) is 5.32 Å². The maximum absolute atomic E-state index is 12.7. The molecular weight excluding hydrogens is 392 g/mol. The molecule has 154 valence electrons. The smallest absolute Gasteiger partial charge is 0.243 e. The molecule has 29 heavy (non-hydrogen) atoms. The Morgan fingerprint density at radius 1 is 0.931 bits per heavy atom. The van der Waals surface area contributed by atoms with Gasteiger partial charge in [-0.3, -0.25) is 4.79 Å². The monoisotopic (exact) mass is 416 g/mol. The van der Waals surface area contributed by atoms with Crippen molar-refractivity contribution in [1.29, 1.82) is 0 Å². The number of fused-ring (bicyclic) bond motifs is 1. The second-order valence-electron chi connectivity index (χ2n) is 7.12. The van der Waals surface area contributed by atoms with E-state index in [-0.39, 0.29) is 17.2 Å². The fraction of sp³-hybridized carbons (Fsp3) is 0.381. The molecule has 4 rings (SSSR count). The number of carbonyl (C=O) groups excluding carboxylic acids is 1. The molecule has 1 N–H and O–H groups in total. The van der Waals surface area contributed by atoms with Crippen LogP contribution in [0.25, 0.3) is 0 Å². The lowest BCUT2D eigenvalue weighted by Crippen LogP contribution is -2.35. The summed E-state index contributed by atoms with van der Waals surface area (Å²) < 4.78 is 37.9. The molecule has 7 nitrogen and oxygen atoms in total. The van der Waals surface area contributed by atoms with Gasteiger partial charge in [0, 0.05) is 24.3 Å². The fourth-order valence-electron chi connectivity index (χ4n) is 3.50. The van der Waals surface area contributed by atoms with Crippen molar-refractivity contribution >= 4 is 21.5 Å². The molecule has 0 bridgehead atoms. The standard InChI is InChI=1S/C21H24N2O5S/c24-19(16-4-9-20-21(14-16)28-13-12-27-20)15-22-17-5-7-18(8-6-17)29(25,26)23-10-2-1-3-11-23/h4-9,14,22H,1-3,10-13,15H2. The Morgan fingerprint density at radius 2 is 1.62 bits per heavy atom. The number of anilines is 1. The molecule has 2 aromatic rings. The Balaban J connectivity index is 1.38. The average Bonchev–Trinajstić information content (AvgIpc) is 2.78. The van der Waals surface area contributed by atoms with Crippen LogP contribution >= 0.6 is 0 Å². The lowest BCUT2D eigenvalue weighted by molar-refractivity contribution is 0.100. The highest BCUT2D eigenvalue weighted by Crippen LogP contribution is 2.31. The van der Waals surface area contributed by atoms with Gasteiger partial charge in [0.2, 0.25) is 10.0 Å². The Hall–Kier alpha value is -2.58. The zero-order chi connectivity index (χ0) is 20.3. The third-order valence-electron chi connectivity index (χ3n) is 5.12. The van der Waals surface area contributed by atoms with Crippen molar-refractivity contribution in [3.05, 3.63) is 48.0 Å². The summed E-state index contributed by atoms with van der Waals surface area (Å²) in [7, 11) is -3.45. The van der Waals surface area contributed by atoms with E-state index in [0.717, 1.165) is 19.3 Å². The number of Topliss-reactive ketones (excluding diaryl/α,β-unsaturated/α-hetero) is 1. The van der Waals surface area contributed by atoms with Gasteiger partial charge in [-0.05, 0) is 55.3 Å². The molecule has 0 spiro atoms. The first kappa shape index (κ1) is 19.7. The molecule has 0 amide bonds. The van der Waals surface area contributed by atoms with Gasteiger partial charge in [0.25, 0.3) is 0 Å². The minimum atomic E-state index is -3.45. The minimum absolute atomic E-state index is 0.0908. The summed E-state index contributed by atoms with van der Waals surface area (Å²) >= 11 is 0. The molecule has 0 unspecified atom stereocenters. The Kier molecular flexibility index (Phi) is 5.73. The normalized spacial score (nSPS) is 17.0. The van der Waals surface area contributed by atoms with E-state index >= 15 is 0 Å². The van der Waals surface area contributed by atoms with Gasteiger partial charge in [0.15, 0.2) is 17.3 Å². The number of ether oxygens (including phenoxy) is 2. The van der Waals surface area contributed by atoms with Crippen molar-refractivity contribution in [2.45, 2.75) is 24.2 Å². The summed E-state index contributed by atoms with van der Waals surface area (Å²) in [6.07, 6.45) is 2.88. The molecule has 0 atom stereocenters. The molecule has 8 heteroatoms. The first-order valence-corrected chi connectivity index (χ1v) is 11.2. The summed E-state index contributed by atoms with van der Waals surface area (Å²) in [6, 6.07) is 11.7. The second-order valence-corrected chi connectivity index (χ2v) is 9.06. The summed E-state index contributed by atoms with van der Waals surface area (Å²) in [5, 5.41) is 3.05. The van der Waals surface area contributed by atoms with Gasteiger partial charge >= 0.3 is 0 Å². The lowest BCUT2D eigenvalue weighted by Gasteiger charge is -2.25. The van der Waals surface area contributed by atoms with Crippen LogP contribution in [0.4, 0.5) is 5.69 Å². The van der Waals surface area contributed by atoms with Crippen molar-refractivity contribution in [3.63, 3.8) is 0 Å². The summed E-state index contributed by atoms with van der Waals surface area (Å²) in [5.74, 6) is 1.13. The highest BCUT2D eigenvalue weighted by atomic mass is 32.2.